The molecule has 2 N–H and O–H groups in total. The highest BCUT2D eigenvalue weighted by molar-refractivity contribution is 9.10. The van der Waals surface area contributed by atoms with Gasteiger partial charge in [0, 0.05) is 30.2 Å². The van der Waals surface area contributed by atoms with Crippen LogP contribution < -0.4 is 5.73 Å². The van der Waals surface area contributed by atoms with E-state index in [0.717, 1.165) is 15.7 Å². The molecule has 0 fully saturated rings. The van der Waals surface area contributed by atoms with Gasteiger partial charge in [0.15, 0.2) is 0 Å². The zero-order valence-corrected chi connectivity index (χ0v) is 11.5. The summed E-state index contributed by atoms with van der Waals surface area (Å²) in [5.41, 5.74) is 9.40. The Kier molecular flexibility index (Phi) is 3.59. The van der Waals surface area contributed by atoms with Gasteiger partial charge in [0.2, 0.25) is 0 Å². The van der Waals surface area contributed by atoms with Crippen LogP contribution in [-0.4, -0.2) is 15.0 Å². The SMILES string of the molecule is Cc1cc(Br)cc(C(N)Cc2cn(C)nn2)c1. The van der Waals surface area contributed by atoms with Crippen LogP contribution in [0, 0.1) is 6.92 Å². The fourth-order valence-corrected chi connectivity index (χ4v) is 2.44. The summed E-state index contributed by atoms with van der Waals surface area (Å²) < 4.78 is 2.75. The highest BCUT2D eigenvalue weighted by atomic mass is 79.9. The quantitative estimate of drug-likeness (QED) is 0.943. The smallest absolute Gasteiger partial charge is 0.0845 e. The van der Waals surface area contributed by atoms with Crippen LogP contribution in [-0.2, 0) is 13.5 Å². The first-order valence-electron chi connectivity index (χ1n) is 5.42. The molecule has 0 aliphatic heterocycles. The van der Waals surface area contributed by atoms with E-state index in [9.17, 15) is 0 Å². The van der Waals surface area contributed by atoms with Crippen LogP contribution in [0.4, 0.5) is 0 Å². The molecule has 0 radical (unpaired) electrons. The van der Waals surface area contributed by atoms with Gasteiger partial charge in [0.05, 0.1) is 5.69 Å². The van der Waals surface area contributed by atoms with Crippen molar-refractivity contribution in [1.82, 2.24) is 15.0 Å². The Balaban J connectivity index is 2.16. The molecule has 0 saturated carbocycles. The number of nitrogens with zero attached hydrogens (tertiary/aromatic N) is 3. The lowest BCUT2D eigenvalue weighted by molar-refractivity contribution is 0.693. The highest BCUT2D eigenvalue weighted by Crippen LogP contribution is 2.21. The van der Waals surface area contributed by atoms with Crippen molar-refractivity contribution < 1.29 is 0 Å². The van der Waals surface area contributed by atoms with Crippen LogP contribution in [0.3, 0.4) is 0 Å². The van der Waals surface area contributed by atoms with Crippen molar-refractivity contribution in [2.24, 2.45) is 12.8 Å². The van der Waals surface area contributed by atoms with Crippen molar-refractivity contribution in [3.8, 4) is 0 Å². The predicted octanol–water partition coefficient (Wildman–Crippen LogP) is 2.13. The van der Waals surface area contributed by atoms with Crippen LogP contribution in [0.25, 0.3) is 0 Å². The third-order valence-corrected chi connectivity index (χ3v) is 3.03. The normalized spacial score (nSPS) is 12.7. The number of aromatic nitrogens is 3. The van der Waals surface area contributed by atoms with Crippen LogP contribution in [0.2, 0.25) is 0 Å². The van der Waals surface area contributed by atoms with Crippen LogP contribution in [0.15, 0.2) is 28.9 Å². The number of nitrogens with two attached hydrogens (primary N) is 1. The van der Waals surface area contributed by atoms with Gasteiger partial charge in [-0.1, -0.05) is 27.2 Å². The van der Waals surface area contributed by atoms with Crippen molar-refractivity contribution in [3.05, 3.63) is 45.7 Å². The lowest BCUT2D eigenvalue weighted by Crippen LogP contribution is -2.13. The van der Waals surface area contributed by atoms with Gasteiger partial charge in [-0.15, -0.1) is 5.10 Å². The zero-order chi connectivity index (χ0) is 12.4. The van der Waals surface area contributed by atoms with Gasteiger partial charge < -0.3 is 5.73 Å². The summed E-state index contributed by atoms with van der Waals surface area (Å²) in [6.45, 7) is 2.06. The molecule has 2 aromatic rings. The largest absolute Gasteiger partial charge is 0.324 e. The number of aryl methyl sites for hydroxylation is 2. The minimum atomic E-state index is -0.0529. The molecule has 0 aliphatic carbocycles. The average Bonchev–Trinajstić information content (AvgIpc) is 2.62. The summed E-state index contributed by atoms with van der Waals surface area (Å²) in [5.74, 6) is 0. The Morgan fingerprint density at radius 2 is 2.18 bits per heavy atom. The first kappa shape index (κ1) is 12.3. The number of hydrogen-bond donors (Lipinski definition) is 1. The van der Waals surface area contributed by atoms with E-state index in [1.54, 1.807) is 4.68 Å². The van der Waals surface area contributed by atoms with Crippen LogP contribution in [0.5, 0.6) is 0 Å². The van der Waals surface area contributed by atoms with Gasteiger partial charge in [-0.2, -0.15) is 0 Å². The molecule has 1 unspecified atom stereocenters. The van der Waals surface area contributed by atoms with Gasteiger partial charge in [0.25, 0.3) is 0 Å². The molecule has 2 rings (SSSR count). The molecule has 1 aromatic carbocycles. The zero-order valence-electron chi connectivity index (χ0n) is 9.89. The van der Waals surface area contributed by atoms with Crippen LogP contribution >= 0.6 is 15.9 Å². The monoisotopic (exact) mass is 294 g/mol. The van der Waals surface area contributed by atoms with E-state index >= 15 is 0 Å². The molecule has 0 aliphatic rings. The molecule has 1 atom stereocenters. The maximum absolute atomic E-state index is 6.18. The summed E-state index contributed by atoms with van der Waals surface area (Å²) >= 11 is 3.48. The topological polar surface area (TPSA) is 56.7 Å². The van der Waals surface area contributed by atoms with Gasteiger partial charge >= 0.3 is 0 Å². The van der Waals surface area contributed by atoms with E-state index in [-0.39, 0.29) is 6.04 Å². The standard InChI is InChI=1S/C12H15BrN4/c1-8-3-9(5-10(13)4-8)12(14)6-11-7-17(2)16-15-11/h3-5,7,12H,6,14H2,1-2H3. The molecule has 1 aromatic heterocycles. The van der Waals surface area contributed by atoms with Crippen molar-refractivity contribution in [2.45, 2.75) is 19.4 Å². The second kappa shape index (κ2) is 4.98. The number of halogens is 1. The first-order valence-corrected chi connectivity index (χ1v) is 6.22. The van der Waals surface area contributed by atoms with Crippen molar-refractivity contribution >= 4 is 15.9 Å². The Bertz CT molecular complexity index is 501. The predicted molar refractivity (Wildman–Crippen MR) is 70.5 cm³/mol. The molecule has 0 amide bonds. The first-order chi connectivity index (χ1) is 8.04. The molecule has 0 bridgehead atoms. The third kappa shape index (κ3) is 3.14. The molecule has 1 heterocycles. The maximum atomic E-state index is 6.18. The van der Waals surface area contributed by atoms with E-state index in [1.807, 2.05) is 19.3 Å². The molecule has 4 nitrogen and oxygen atoms in total. The number of hydrogen-bond acceptors (Lipinski definition) is 3. The van der Waals surface area contributed by atoms with Gasteiger partial charge in [0.1, 0.15) is 0 Å². The van der Waals surface area contributed by atoms with Crippen molar-refractivity contribution in [1.29, 1.82) is 0 Å². The maximum Gasteiger partial charge on any atom is 0.0845 e. The lowest BCUT2D eigenvalue weighted by atomic mass is 10.0. The van der Waals surface area contributed by atoms with Crippen LogP contribution in [0.1, 0.15) is 22.9 Å². The Morgan fingerprint density at radius 3 is 2.76 bits per heavy atom. The molecule has 0 spiro atoms. The van der Waals surface area contributed by atoms with Crippen molar-refractivity contribution in [3.63, 3.8) is 0 Å². The number of benzene rings is 1. The fourth-order valence-electron chi connectivity index (χ4n) is 1.81. The summed E-state index contributed by atoms with van der Waals surface area (Å²) in [5, 5.41) is 7.95. The Hall–Kier alpha value is -1.20. The second-order valence-electron chi connectivity index (χ2n) is 4.26. The summed E-state index contributed by atoms with van der Waals surface area (Å²) in [4.78, 5) is 0. The summed E-state index contributed by atoms with van der Waals surface area (Å²) in [7, 11) is 1.85. The van der Waals surface area contributed by atoms with Crippen molar-refractivity contribution in [2.75, 3.05) is 0 Å². The van der Waals surface area contributed by atoms with E-state index in [2.05, 4.69) is 45.3 Å². The van der Waals surface area contributed by atoms with E-state index in [4.69, 9.17) is 5.73 Å². The van der Waals surface area contributed by atoms with Gasteiger partial charge in [-0.3, -0.25) is 4.68 Å². The molecule has 17 heavy (non-hydrogen) atoms. The van der Waals surface area contributed by atoms with Gasteiger partial charge in [-0.05, 0) is 30.2 Å². The molecule has 0 saturated heterocycles. The number of rotatable bonds is 3. The Labute approximate surface area is 109 Å². The van der Waals surface area contributed by atoms with E-state index in [0.29, 0.717) is 6.42 Å². The fraction of sp³-hybridized carbons (Fsp3) is 0.333. The summed E-state index contributed by atoms with van der Waals surface area (Å²) in [6.07, 6.45) is 2.59. The minimum absolute atomic E-state index is 0.0529. The lowest BCUT2D eigenvalue weighted by Gasteiger charge is -2.11. The van der Waals surface area contributed by atoms with Gasteiger partial charge in [-0.25, -0.2) is 0 Å². The molecule has 90 valence electrons. The highest BCUT2D eigenvalue weighted by Gasteiger charge is 2.10. The third-order valence-electron chi connectivity index (χ3n) is 2.57. The molecular weight excluding hydrogens is 280 g/mol. The summed E-state index contributed by atoms with van der Waals surface area (Å²) in [6, 6.07) is 6.17. The van der Waals surface area contributed by atoms with E-state index < -0.39 is 0 Å². The minimum Gasteiger partial charge on any atom is -0.324 e. The molecular formula is C12H15BrN4. The second-order valence-corrected chi connectivity index (χ2v) is 5.17. The Morgan fingerprint density at radius 1 is 1.41 bits per heavy atom. The average molecular weight is 295 g/mol. The molecule has 5 heteroatoms. The van der Waals surface area contributed by atoms with E-state index in [1.165, 1.54) is 5.56 Å².